The molecule has 9 heteroatoms. The third-order valence-electron chi connectivity index (χ3n) is 7.21. The van der Waals surface area contributed by atoms with Crippen LogP contribution in [0.4, 0.5) is 5.69 Å². The van der Waals surface area contributed by atoms with E-state index < -0.39 is 41.2 Å². The van der Waals surface area contributed by atoms with Crippen LogP contribution in [0.25, 0.3) is 0 Å². The molecule has 3 heterocycles. The van der Waals surface area contributed by atoms with Crippen molar-refractivity contribution in [2.75, 3.05) is 11.9 Å². The number of nitrogens with one attached hydrogen (secondary N) is 2. The number of hydrogen-bond acceptors (Lipinski definition) is 5. The first-order valence-corrected chi connectivity index (χ1v) is 11.6. The normalized spacial score (nSPS) is 27.3. The largest absolute Gasteiger partial charge is 0.481 e. The van der Waals surface area contributed by atoms with E-state index in [1.807, 2.05) is 37.3 Å². The van der Waals surface area contributed by atoms with Crippen LogP contribution < -0.4 is 10.6 Å². The number of anilines is 1. The first-order chi connectivity index (χ1) is 16.2. The quantitative estimate of drug-likeness (QED) is 0.546. The number of halogens is 1. The van der Waals surface area contributed by atoms with Crippen LogP contribution in [-0.2, 0) is 31.1 Å². The van der Waals surface area contributed by atoms with Crippen LogP contribution in [0.5, 0.6) is 0 Å². The maximum Gasteiger partial charge on any atom is 0.303 e. The van der Waals surface area contributed by atoms with Crippen molar-refractivity contribution in [2.45, 2.75) is 37.8 Å². The van der Waals surface area contributed by atoms with Crippen molar-refractivity contribution >= 4 is 41.0 Å². The molecule has 34 heavy (non-hydrogen) atoms. The van der Waals surface area contributed by atoms with Crippen LogP contribution >= 0.6 is 11.6 Å². The fraction of sp³-hybridized carbons (Fsp3) is 0.360. The van der Waals surface area contributed by atoms with E-state index in [0.717, 1.165) is 11.1 Å². The Morgan fingerprint density at radius 3 is 2.59 bits per heavy atom. The van der Waals surface area contributed by atoms with Gasteiger partial charge < -0.3 is 10.4 Å². The van der Waals surface area contributed by atoms with Gasteiger partial charge >= 0.3 is 5.97 Å². The molecule has 0 aliphatic carbocycles. The molecule has 5 rings (SSSR count). The van der Waals surface area contributed by atoms with Crippen LogP contribution in [0, 0.1) is 18.8 Å². The highest BCUT2D eigenvalue weighted by molar-refractivity contribution is 6.31. The molecule has 0 aromatic heterocycles. The van der Waals surface area contributed by atoms with Crippen molar-refractivity contribution in [1.29, 1.82) is 0 Å². The Hall–Kier alpha value is -3.23. The molecule has 2 fully saturated rings. The molecule has 2 aromatic carbocycles. The van der Waals surface area contributed by atoms with E-state index in [0.29, 0.717) is 22.7 Å². The van der Waals surface area contributed by atoms with E-state index in [4.69, 9.17) is 11.6 Å². The van der Waals surface area contributed by atoms with Gasteiger partial charge in [0.15, 0.2) is 0 Å². The second-order valence-corrected chi connectivity index (χ2v) is 9.59. The Kier molecular flexibility index (Phi) is 5.45. The van der Waals surface area contributed by atoms with Gasteiger partial charge in [0.1, 0.15) is 5.54 Å². The highest BCUT2D eigenvalue weighted by Crippen LogP contribution is 2.54. The second-order valence-electron chi connectivity index (χ2n) is 9.16. The van der Waals surface area contributed by atoms with E-state index in [9.17, 15) is 24.3 Å². The smallest absolute Gasteiger partial charge is 0.303 e. The molecule has 2 aromatic rings. The van der Waals surface area contributed by atoms with E-state index in [-0.39, 0.29) is 25.3 Å². The zero-order valence-corrected chi connectivity index (χ0v) is 19.3. The third-order valence-corrected chi connectivity index (χ3v) is 7.43. The molecule has 2 saturated heterocycles. The summed E-state index contributed by atoms with van der Waals surface area (Å²) < 4.78 is 0. The number of carbonyl (C=O) groups excluding carboxylic acids is 3. The molecule has 3 aliphatic heterocycles. The summed E-state index contributed by atoms with van der Waals surface area (Å²) in [4.78, 5) is 53.3. The predicted molar refractivity (Wildman–Crippen MR) is 124 cm³/mol. The molecule has 0 radical (unpaired) electrons. The lowest BCUT2D eigenvalue weighted by Crippen LogP contribution is -2.53. The van der Waals surface area contributed by atoms with Crippen LogP contribution in [0.1, 0.15) is 29.5 Å². The number of carboxylic acids is 1. The van der Waals surface area contributed by atoms with Gasteiger partial charge in [0, 0.05) is 35.3 Å². The fourth-order valence-corrected chi connectivity index (χ4v) is 6.00. The van der Waals surface area contributed by atoms with E-state index in [2.05, 4.69) is 10.6 Å². The molecular formula is C25H24ClN3O5. The van der Waals surface area contributed by atoms with Crippen molar-refractivity contribution in [3.05, 3.63) is 64.2 Å². The molecule has 1 spiro atoms. The Bertz CT molecular complexity index is 1220. The molecule has 0 saturated carbocycles. The zero-order chi connectivity index (χ0) is 24.2. The van der Waals surface area contributed by atoms with Gasteiger partial charge in [-0.3, -0.25) is 29.4 Å². The highest BCUT2D eigenvalue weighted by atomic mass is 35.5. The number of rotatable bonds is 6. The number of imide groups is 1. The summed E-state index contributed by atoms with van der Waals surface area (Å²) in [6.07, 6.45) is 0.420. The molecule has 0 bridgehead atoms. The summed E-state index contributed by atoms with van der Waals surface area (Å²) in [7, 11) is 0. The van der Waals surface area contributed by atoms with E-state index >= 15 is 0 Å². The number of amides is 3. The number of carboxylic acid groups (broad SMARTS) is 1. The molecule has 8 nitrogen and oxygen atoms in total. The molecular weight excluding hydrogens is 458 g/mol. The van der Waals surface area contributed by atoms with E-state index in [1.165, 1.54) is 4.90 Å². The SMILES string of the molecule is Cc1cc(Cl)cc2c1NC(=O)[C@]21N[C@H](CCC(=O)O)[C@H]2C(=O)N(CCc3ccccc3)C(=O)[C@@H]21. The lowest BCUT2D eigenvalue weighted by Gasteiger charge is -2.29. The van der Waals surface area contributed by atoms with Crippen molar-refractivity contribution < 1.29 is 24.3 Å². The summed E-state index contributed by atoms with van der Waals surface area (Å²) in [5, 5.41) is 15.8. The van der Waals surface area contributed by atoms with Crippen molar-refractivity contribution in [3.63, 3.8) is 0 Å². The minimum atomic E-state index is -1.48. The van der Waals surface area contributed by atoms with Gasteiger partial charge in [0.05, 0.1) is 11.8 Å². The molecule has 3 aliphatic rings. The topological polar surface area (TPSA) is 116 Å². The Morgan fingerprint density at radius 2 is 1.88 bits per heavy atom. The lowest BCUT2D eigenvalue weighted by atomic mass is 9.76. The summed E-state index contributed by atoms with van der Waals surface area (Å²) in [6.45, 7) is 2.01. The summed E-state index contributed by atoms with van der Waals surface area (Å²) >= 11 is 6.32. The van der Waals surface area contributed by atoms with Gasteiger partial charge in [-0.1, -0.05) is 41.9 Å². The number of carbonyl (C=O) groups is 4. The first kappa shape index (κ1) is 22.6. The molecule has 176 valence electrons. The van der Waals surface area contributed by atoms with Crippen molar-refractivity contribution in [1.82, 2.24) is 10.2 Å². The molecule has 3 N–H and O–H groups in total. The average Bonchev–Trinajstić information content (AvgIpc) is 3.37. The Balaban J connectivity index is 1.55. The van der Waals surface area contributed by atoms with Crippen LogP contribution in [0.15, 0.2) is 42.5 Å². The number of hydrogen-bond donors (Lipinski definition) is 3. The van der Waals surface area contributed by atoms with Gasteiger partial charge in [-0.15, -0.1) is 0 Å². The van der Waals surface area contributed by atoms with Gasteiger partial charge in [-0.25, -0.2) is 0 Å². The Labute approximate surface area is 201 Å². The highest BCUT2D eigenvalue weighted by Gasteiger charge is 2.70. The van der Waals surface area contributed by atoms with Crippen molar-refractivity contribution in [3.8, 4) is 0 Å². The number of likely N-dealkylation sites (tertiary alicyclic amines) is 1. The third kappa shape index (κ3) is 3.32. The van der Waals surface area contributed by atoms with E-state index in [1.54, 1.807) is 12.1 Å². The van der Waals surface area contributed by atoms with Crippen LogP contribution in [0.2, 0.25) is 5.02 Å². The second kappa shape index (κ2) is 8.21. The minimum Gasteiger partial charge on any atom is -0.481 e. The number of nitrogens with zero attached hydrogens (tertiary/aromatic N) is 1. The zero-order valence-electron chi connectivity index (χ0n) is 18.5. The average molecular weight is 482 g/mol. The van der Waals surface area contributed by atoms with Crippen molar-refractivity contribution in [2.24, 2.45) is 11.8 Å². The maximum atomic E-state index is 13.7. The number of aliphatic carboxylic acids is 1. The molecule has 4 atom stereocenters. The Morgan fingerprint density at radius 1 is 1.15 bits per heavy atom. The minimum absolute atomic E-state index is 0.117. The van der Waals surface area contributed by atoms with Gasteiger partial charge in [-0.05, 0) is 43.0 Å². The number of aryl methyl sites for hydroxylation is 1. The fourth-order valence-electron chi connectivity index (χ4n) is 5.73. The predicted octanol–water partition coefficient (Wildman–Crippen LogP) is 2.48. The first-order valence-electron chi connectivity index (χ1n) is 11.2. The summed E-state index contributed by atoms with van der Waals surface area (Å²) in [6, 6.07) is 12.3. The van der Waals surface area contributed by atoms with Crippen LogP contribution in [-0.4, -0.2) is 46.3 Å². The maximum absolute atomic E-state index is 13.7. The van der Waals surface area contributed by atoms with Gasteiger partial charge in [-0.2, -0.15) is 0 Å². The van der Waals surface area contributed by atoms with Crippen LogP contribution in [0.3, 0.4) is 0 Å². The van der Waals surface area contributed by atoms with Gasteiger partial charge in [0.25, 0.3) is 0 Å². The number of fused-ring (bicyclic) bond motifs is 4. The lowest BCUT2D eigenvalue weighted by molar-refractivity contribution is -0.143. The standard InChI is InChI=1S/C25H24ClN3O5/c1-13-11-15(26)12-16-21(13)27-24(34)25(16)20-19(17(28-25)7-8-18(30)31)22(32)29(23(20)33)10-9-14-5-3-2-4-6-14/h2-6,11-12,17,19-20,28H,7-10H2,1H3,(H,27,34)(H,30,31)/t17-,19-,20-,25+/m1/s1. The molecule has 0 unspecified atom stereocenters. The monoisotopic (exact) mass is 481 g/mol. The summed E-state index contributed by atoms with van der Waals surface area (Å²) in [5.74, 6) is -4.03. The summed E-state index contributed by atoms with van der Waals surface area (Å²) in [5.41, 5.74) is 1.36. The van der Waals surface area contributed by atoms with Gasteiger partial charge in [0.2, 0.25) is 17.7 Å². The molecule has 3 amide bonds. The number of benzene rings is 2.